The average Bonchev–Trinajstić information content (AvgIpc) is 2.89. The number of aromatic amines is 1. The lowest BCUT2D eigenvalue weighted by atomic mass is 10.2. The molecule has 2 aromatic heterocycles. The summed E-state index contributed by atoms with van der Waals surface area (Å²) in [6.45, 7) is 0.903. The molecule has 1 aromatic carbocycles. The Morgan fingerprint density at radius 1 is 1.00 bits per heavy atom. The zero-order valence-electron chi connectivity index (χ0n) is 8.35. The molecule has 15 heavy (non-hydrogen) atoms. The van der Waals surface area contributed by atoms with Gasteiger partial charge in [-0.15, -0.1) is 0 Å². The highest BCUT2D eigenvalue weighted by Crippen LogP contribution is 2.16. The van der Waals surface area contributed by atoms with E-state index in [1.807, 2.05) is 12.3 Å². The van der Waals surface area contributed by atoms with Gasteiger partial charge >= 0.3 is 0 Å². The molecule has 1 N–H and O–H groups in total. The number of rotatable bonds is 2. The number of fused-ring (bicyclic) bond motifs is 1. The van der Waals surface area contributed by atoms with E-state index in [4.69, 9.17) is 0 Å². The van der Waals surface area contributed by atoms with Crippen molar-refractivity contribution in [1.82, 2.24) is 9.55 Å². The molecule has 0 atom stereocenters. The van der Waals surface area contributed by atoms with E-state index >= 15 is 0 Å². The summed E-state index contributed by atoms with van der Waals surface area (Å²) in [5, 5.41) is 1.30. The smallest absolute Gasteiger partial charge is 0.0626 e. The van der Waals surface area contributed by atoms with Crippen molar-refractivity contribution in [3.05, 3.63) is 60.6 Å². The molecule has 0 fully saturated rings. The Balaban J connectivity index is 2.05. The molecule has 2 heterocycles. The van der Waals surface area contributed by atoms with Gasteiger partial charge in [-0.05, 0) is 29.7 Å². The lowest BCUT2D eigenvalue weighted by Gasteiger charge is -2.03. The van der Waals surface area contributed by atoms with Crippen LogP contribution in [0.4, 0.5) is 0 Å². The number of hydrogen-bond acceptors (Lipinski definition) is 0. The van der Waals surface area contributed by atoms with E-state index in [-0.39, 0.29) is 0 Å². The SMILES string of the molecule is c1c[nH]c(Cn2ccc3ccccc32)c1. The molecule has 0 spiro atoms. The van der Waals surface area contributed by atoms with Crippen LogP contribution in [-0.2, 0) is 6.54 Å². The second kappa shape index (κ2) is 3.31. The zero-order valence-corrected chi connectivity index (χ0v) is 8.35. The van der Waals surface area contributed by atoms with Crippen molar-refractivity contribution in [1.29, 1.82) is 0 Å². The summed E-state index contributed by atoms with van der Waals surface area (Å²) in [4.78, 5) is 3.22. The Labute approximate surface area is 88.2 Å². The van der Waals surface area contributed by atoms with Gasteiger partial charge in [0.25, 0.3) is 0 Å². The fourth-order valence-electron chi connectivity index (χ4n) is 1.93. The molecule has 0 aliphatic heterocycles. The van der Waals surface area contributed by atoms with Crippen molar-refractivity contribution in [3.8, 4) is 0 Å². The van der Waals surface area contributed by atoms with Crippen LogP contribution in [0.15, 0.2) is 54.9 Å². The summed E-state index contributed by atoms with van der Waals surface area (Å²) in [6, 6.07) is 14.7. The van der Waals surface area contributed by atoms with Crippen LogP contribution in [0.5, 0.6) is 0 Å². The van der Waals surface area contributed by atoms with Gasteiger partial charge in [-0.3, -0.25) is 0 Å². The first-order chi connectivity index (χ1) is 7.43. The maximum atomic E-state index is 3.22. The normalized spacial score (nSPS) is 10.9. The number of aromatic nitrogens is 2. The lowest BCUT2D eigenvalue weighted by Crippen LogP contribution is -1.97. The molecule has 0 amide bonds. The van der Waals surface area contributed by atoms with E-state index in [9.17, 15) is 0 Å². The van der Waals surface area contributed by atoms with E-state index in [2.05, 4.69) is 52.1 Å². The average molecular weight is 196 g/mol. The first kappa shape index (κ1) is 8.36. The molecule has 0 unspecified atom stereocenters. The highest BCUT2D eigenvalue weighted by molar-refractivity contribution is 5.79. The molecule has 0 aliphatic carbocycles. The van der Waals surface area contributed by atoms with E-state index < -0.39 is 0 Å². The van der Waals surface area contributed by atoms with Crippen LogP contribution in [0, 0.1) is 0 Å². The van der Waals surface area contributed by atoms with Gasteiger partial charge in [-0.25, -0.2) is 0 Å². The number of para-hydroxylation sites is 1. The van der Waals surface area contributed by atoms with Gasteiger partial charge in [0, 0.05) is 23.6 Å². The number of nitrogens with one attached hydrogen (secondary N) is 1. The van der Waals surface area contributed by atoms with Crippen molar-refractivity contribution in [2.45, 2.75) is 6.54 Å². The monoisotopic (exact) mass is 196 g/mol. The first-order valence-corrected chi connectivity index (χ1v) is 5.09. The fraction of sp³-hybridized carbons (Fsp3) is 0.0769. The lowest BCUT2D eigenvalue weighted by molar-refractivity contribution is 0.814. The molecule has 0 saturated heterocycles. The van der Waals surface area contributed by atoms with Crippen LogP contribution in [0.1, 0.15) is 5.69 Å². The first-order valence-electron chi connectivity index (χ1n) is 5.09. The van der Waals surface area contributed by atoms with Crippen LogP contribution in [0.2, 0.25) is 0 Å². The van der Waals surface area contributed by atoms with Gasteiger partial charge in [-0.2, -0.15) is 0 Å². The Morgan fingerprint density at radius 2 is 1.93 bits per heavy atom. The molecule has 2 heteroatoms. The quantitative estimate of drug-likeness (QED) is 0.650. The summed E-state index contributed by atoms with van der Waals surface area (Å²) in [5.74, 6) is 0. The van der Waals surface area contributed by atoms with Gasteiger partial charge in [0.15, 0.2) is 0 Å². The maximum absolute atomic E-state index is 3.22. The Hall–Kier alpha value is -1.96. The van der Waals surface area contributed by atoms with E-state index in [0.29, 0.717) is 0 Å². The Bertz CT molecular complexity index is 561. The van der Waals surface area contributed by atoms with Crippen molar-refractivity contribution in [2.24, 2.45) is 0 Å². The predicted molar refractivity (Wildman–Crippen MR) is 61.8 cm³/mol. The van der Waals surface area contributed by atoms with Gasteiger partial charge in [-0.1, -0.05) is 18.2 Å². The van der Waals surface area contributed by atoms with E-state index in [1.54, 1.807) is 0 Å². The highest BCUT2D eigenvalue weighted by Gasteiger charge is 2.00. The molecule has 0 saturated carbocycles. The topological polar surface area (TPSA) is 20.7 Å². The summed E-state index contributed by atoms with van der Waals surface area (Å²) in [5.41, 5.74) is 2.52. The van der Waals surface area contributed by atoms with Crippen molar-refractivity contribution in [2.75, 3.05) is 0 Å². The van der Waals surface area contributed by atoms with Crippen LogP contribution < -0.4 is 0 Å². The second-order valence-electron chi connectivity index (χ2n) is 3.70. The van der Waals surface area contributed by atoms with Crippen LogP contribution >= 0.6 is 0 Å². The number of benzene rings is 1. The number of nitrogens with zero attached hydrogens (tertiary/aromatic N) is 1. The number of H-pyrrole nitrogens is 1. The third-order valence-electron chi connectivity index (χ3n) is 2.68. The minimum Gasteiger partial charge on any atom is -0.364 e. The Morgan fingerprint density at radius 3 is 2.80 bits per heavy atom. The van der Waals surface area contributed by atoms with Gasteiger partial charge in [0.2, 0.25) is 0 Å². The van der Waals surface area contributed by atoms with Gasteiger partial charge < -0.3 is 9.55 Å². The highest BCUT2D eigenvalue weighted by atomic mass is 15.0. The largest absolute Gasteiger partial charge is 0.364 e. The summed E-state index contributed by atoms with van der Waals surface area (Å²) in [6.07, 6.45) is 4.09. The standard InChI is InChI=1S/C13H12N2/c1-2-6-13-11(4-1)7-9-15(13)10-12-5-3-8-14-12/h1-9,14H,10H2. The third-order valence-corrected chi connectivity index (χ3v) is 2.68. The van der Waals surface area contributed by atoms with Crippen LogP contribution in [0.3, 0.4) is 0 Å². The van der Waals surface area contributed by atoms with E-state index in [0.717, 1.165) is 6.54 Å². The van der Waals surface area contributed by atoms with Gasteiger partial charge in [0.1, 0.15) is 0 Å². The summed E-state index contributed by atoms with van der Waals surface area (Å²) >= 11 is 0. The second-order valence-corrected chi connectivity index (χ2v) is 3.70. The molecule has 2 nitrogen and oxygen atoms in total. The zero-order chi connectivity index (χ0) is 10.1. The van der Waals surface area contributed by atoms with Gasteiger partial charge in [0.05, 0.1) is 6.54 Å². The van der Waals surface area contributed by atoms with Crippen LogP contribution in [-0.4, -0.2) is 9.55 Å². The molecule has 3 rings (SSSR count). The van der Waals surface area contributed by atoms with Crippen molar-refractivity contribution >= 4 is 10.9 Å². The third kappa shape index (κ3) is 1.44. The number of hydrogen-bond donors (Lipinski definition) is 1. The predicted octanol–water partition coefficient (Wildman–Crippen LogP) is 3.02. The maximum Gasteiger partial charge on any atom is 0.0626 e. The molecule has 0 aliphatic rings. The van der Waals surface area contributed by atoms with E-state index in [1.165, 1.54) is 16.6 Å². The van der Waals surface area contributed by atoms with Crippen molar-refractivity contribution < 1.29 is 0 Å². The fourth-order valence-corrected chi connectivity index (χ4v) is 1.93. The molecule has 0 radical (unpaired) electrons. The molecule has 0 bridgehead atoms. The minimum absolute atomic E-state index is 0.903. The summed E-state index contributed by atoms with van der Waals surface area (Å²) in [7, 11) is 0. The summed E-state index contributed by atoms with van der Waals surface area (Å²) < 4.78 is 2.25. The van der Waals surface area contributed by atoms with Crippen LogP contribution in [0.25, 0.3) is 10.9 Å². The Kier molecular flexibility index (Phi) is 1.85. The van der Waals surface area contributed by atoms with Crippen molar-refractivity contribution in [3.63, 3.8) is 0 Å². The minimum atomic E-state index is 0.903. The molecular formula is C13H12N2. The molecule has 74 valence electrons. The molecule has 3 aromatic rings. The molecular weight excluding hydrogens is 184 g/mol.